The van der Waals surface area contributed by atoms with Crippen LogP contribution in [0.1, 0.15) is 20.3 Å². The van der Waals surface area contributed by atoms with Crippen molar-refractivity contribution in [3.8, 4) is 0 Å². The molecule has 0 aromatic carbocycles. The molecule has 17 heavy (non-hydrogen) atoms. The minimum absolute atomic E-state index is 0.0385. The van der Waals surface area contributed by atoms with Crippen molar-refractivity contribution < 1.29 is 18.3 Å². The number of hydrogen-bond acceptors (Lipinski definition) is 4. The quantitative estimate of drug-likeness (QED) is 0.765. The number of carbonyl (C=O) groups is 1. The molecule has 0 amide bonds. The Morgan fingerprint density at radius 1 is 1.65 bits per heavy atom. The minimum Gasteiger partial charge on any atom is -0.481 e. The Morgan fingerprint density at radius 2 is 2.29 bits per heavy atom. The molecule has 1 rings (SSSR count). The Labute approximate surface area is 99.5 Å². The molecule has 0 aliphatic carbocycles. The number of sulfonamides is 1. The zero-order valence-corrected chi connectivity index (χ0v) is 10.4. The van der Waals surface area contributed by atoms with E-state index < -0.39 is 22.0 Å². The Kier molecular flexibility index (Phi) is 4.24. The van der Waals surface area contributed by atoms with E-state index in [1.54, 1.807) is 13.8 Å². The van der Waals surface area contributed by atoms with Gasteiger partial charge in [0.2, 0.25) is 10.0 Å². The second-order valence-electron chi connectivity index (χ2n) is 3.59. The van der Waals surface area contributed by atoms with Crippen molar-refractivity contribution in [2.24, 2.45) is 0 Å². The summed E-state index contributed by atoms with van der Waals surface area (Å²) >= 11 is 0. The number of aromatic nitrogens is 2. The van der Waals surface area contributed by atoms with Crippen molar-refractivity contribution in [3.05, 3.63) is 12.4 Å². The molecule has 0 aliphatic rings. The van der Waals surface area contributed by atoms with Crippen LogP contribution in [0.2, 0.25) is 0 Å². The monoisotopic (exact) mass is 261 g/mol. The molecule has 0 aliphatic heterocycles. The van der Waals surface area contributed by atoms with Gasteiger partial charge in [-0.25, -0.2) is 8.42 Å². The first-order valence-corrected chi connectivity index (χ1v) is 6.56. The van der Waals surface area contributed by atoms with Crippen LogP contribution in [0.5, 0.6) is 0 Å². The number of carboxylic acids is 1. The van der Waals surface area contributed by atoms with Crippen molar-refractivity contribution in [2.75, 3.05) is 6.54 Å². The Bertz CT molecular complexity index is 468. The molecule has 7 nitrogen and oxygen atoms in total. The molecule has 1 atom stereocenters. The Hall–Kier alpha value is -1.41. The number of H-pyrrole nitrogens is 1. The molecule has 8 heteroatoms. The summed E-state index contributed by atoms with van der Waals surface area (Å²) in [6.45, 7) is 3.44. The third-order valence-electron chi connectivity index (χ3n) is 2.35. The van der Waals surface area contributed by atoms with Gasteiger partial charge in [-0.2, -0.15) is 9.40 Å². The smallest absolute Gasteiger partial charge is 0.304 e. The second-order valence-corrected chi connectivity index (χ2v) is 5.48. The highest BCUT2D eigenvalue weighted by molar-refractivity contribution is 7.89. The van der Waals surface area contributed by atoms with E-state index in [9.17, 15) is 13.2 Å². The fraction of sp³-hybridized carbons (Fsp3) is 0.556. The maximum absolute atomic E-state index is 12.1. The highest BCUT2D eigenvalue weighted by Gasteiger charge is 2.29. The van der Waals surface area contributed by atoms with Crippen LogP contribution in [0.3, 0.4) is 0 Å². The maximum atomic E-state index is 12.1. The van der Waals surface area contributed by atoms with Gasteiger partial charge < -0.3 is 5.11 Å². The number of aromatic amines is 1. The third-order valence-corrected chi connectivity index (χ3v) is 4.41. The standard InChI is InChI=1S/C9H15N3O4S/c1-3-12(7(2)4-9(13)14)17(15,16)8-5-10-11-6-8/h5-7H,3-4H2,1-2H3,(H,10,11)(H,13,14). The first kappa shape index (κ1) is 13.7. The van der Waals surface area contributed by atoms with E-state index in [1.807, 2.05) is 0 Å². The molecule has 0 saturated heterocycles. The molecule has 0 fully saturated rings. The van der Waals surface area contributed by atoms with Crippen molar-refractivity contribution in [3.63, 3.8) is 0 Å². The lowest BCUT2D eigenvalue weighted by molar-refractivity contribution is -0.137. The summed E-state index contributed by atoms with van der Waals surface area (Å²) in [7, 11) is -3.68. The van der Waals surface area contributed by atoms with Crippen LogP contribution in [0.15, 0.2) is 17.3 Å². The average molecular weight is 261 g/mol. The van der Waals surface area contributed by atoms with Gasteiger partial charge in [0.15, 0.2) is 0 Å². The topological polar surface area (TPSA) is 103 Å². The zero-order valence-electron chi connectivity index (χ0n) is 9.62. The number of nitrogens with one attached hydrogen (secondary N) is 1. The molecule has 96 valence electrons. The number of hydrogen-bond donors (Lipinski definition) is 2. The molecular formula is C9H15N3O4S. The van der Waals surface area contributed by atoms with Gasteiger partial charge in [-0.3, -0.25) is 9.89 Å². The van der Waals surface area contributed by atoms with Crippen molar-refractivity contribution in [1.82, 2.24) is 14.5 Å². The van der Waals surface area contributed by atoms with Crippen LogP contribution >= 0.6 is 0 Å². The Balaban J connectivity index is 2.98. The number of carboxylic acid groups (broad SMARTS) is 1. The number of aliphatic carboxylic acids is 1. The van der Waals surface area contributed by atoms with Gasteiger partial charge in [-0.15, -0.1) is 0 Å². The molecule has 0 bridgehead atoms. The van der Waals surface area contributed by atoms with Crippen LogP contribution < -0.4 is 0 Å². The van der Waals surface area contributed by atoms with Crippen LogP contribution in [0.4, 0.5) is 0 Å². The molecule has 0 saturated carbocycles. The molecular weight excluding hydrogens is 246 g/mol. The first-order chi connectivity index (χ1) is 7.89. The maximum Gasteiger partial charge on any atom is 0.304 e. The number of rotatable bonds is 6. The predicted molar refractivity (Wildman–Crippen MR) is 59.9 cm³/mol. The van der Waals surface area contributed by atoms with E-state index in [1.165, 1.54) is 12.4 Å². The van der Waals surface area contributed by atoms with E-state index in [0.717, 1.165) is 4.31 Å². The average Bonchev–Trinajstić information content (AvgIpc) is 2.69. The van der Waals surface area contributed by atoms with Crippen molar-refractivity contribution in [2.45, 2.75) is 31.2 Å². The lowest BCUT2D eigenvalue weighted by Gasteiger charge is -2.25. The molecule has 2 N–H and O–H groups in total. The van der Waals surface area contributed by atoms with Crippen molar-refractivity contribution in [1.29, 1.82) is 0 Å². The van der Waals surface area contributed by atoms with Crippen LogP contribution in [-0.2, 0) is 14.8 Å². The van der Waals surface area contributed by atoms with Crippen LogP contribution in [-0.4, -0.2) is 46.6 Å². The zero-order chi connectivity index (χ0) is 13.1. The minimum atomic E-state index is -3.68. The summed E-state index contributed by atoms with van der Waals surface area (Å²) in [5, 5.41) is 14.7. The predicted octanol–water partition coefficient (Wildman–Crippen LogP) is 0.283. The van der Waals surface area contributed by atoms with Gasteiger partial charge in [-0.1, -0.05) is 6.92 Å². The summed E-state index contributed by atoms with van der Waals surface area (Å²) in [5.74, 6) is -1.03. The SMILES string of the molecule is CCN(C(C)CC(=O)O)S(=O)(=O)c1cn[nH]c1. The molecule has 1 unspecified atom stereocenters. The molecule has 1 aromatic rings. The van der Waals surface area contributed by atoms with Gasteiger partial charge in [0.25, 0.3) is 0 Å². The van der Waals surface area contributed by atoms with E-state index in [2.05, 4.69) is 10.2 Å². The Morgan fingerprint density at radius 3 is 2.71 bits per heavy atom. The van der Waals surface area contributed by atoms with E-state index in [4.69, 9.17) is 5.11 Å². The fourth-order valence-corrected chi connectivity index (χ4v) is 3.14. The van der Waals surface area contributed by atoms with E-state index in [-0.39, 0.29) is 17.9 Å². The largest absolute Gasteiger partial charge is 0.481 e. The second kappa shape index (κ2) is 5.28. The van der Waals surface area contributed by atoms with Gasteiger partial charge >= 0.3 is 5.97 Å². The lowest BCUT2D eigenvalue weighted by Crippen LogP contribution is -2.39. The molecule has 0 radical (unpaired) electrons. The normalized spacial score (nSPS) is 13.8. The first-order valence-electron chi connectivity index (χ1n) is 5.12. The highest BCUT2D eigenvalue weighted by atomic mass is 32.2. The van der Waals surface area contributed by atoms with Crippen molar-refractivity contribution >= 4 is 16.0 Å². The highest BCUT2D eigenvalue weighted by Crippen LogP contribution is 2.17. The lowest BCUT2D eigenvalue weighted by atomic mass is 10.2. The molecule has 0 spiro atoms. The van der Waals surface area contributed by atoms with E-state index in [0.29, 0.717) is 0 Å². The van der Waals surface area contributed by atoms with Gasteiger partial charge in [-0.05, 0) is 6.92 Å². The van der Waals surface area contributed by atoms with Gasteiger partial charge in [0, 0.05) is 18.8 Å². The summed E-state index contributed by atoms with van der Waals surface area (Å²) in [5.41, 5.74) is 0. The van der Waals surface area contributed by atoms with Gasteiger partial charge in [0.05, 0.1) is 12.6 Å². The summed E-state index contributed by atoms with van der Waals surface area (Å²) < 4.78 is 25.4. The van der Waals surface area contributed by atoms with Crippen LogP contribution in [0, 0.1) is 0 Å². The van der Waals surface area contributed by atoms with Crippen LogP contribution in [0.25, 0.3) is 0 Å². The molecule has 1 heterocycles. The third kappa shape index (κ3) is 3.04. The van der Waals surface area contributed by atoms with Gasteiger partial charge in [0.1, 0.15) is 4.90 Å². The molecule has 1 aromatic heterocycles. The number of nitrogens with zero attached hydrogens (tertiary/aromatic N) is 2. The summed E-state index contributed by atoms with van der Waals surface area (Å²) in [6, 6.07) is -0.600. The van der Waals surface area contributed by atoms with E-state index >= 15 is 0 Å². The summed E-state index contributed by atoms with van der Waals surface area (Å²) in [6.07, 6.45) is 2.24. The summed E-state index contributed by atoms with van der Waals surface area (Å²) in [4.78, 5) is 10.6. The fourth-order valence-electron chi connectivity index (χ4n) is 1.59.